The van der Waals surface area contributed by atoms with Gasteiger partial charge in [-0.15, -0.1) is 11.3 Å². The molecule has 2 heterocycles. The molecule has 0 radical (unpaired) electrons. The van der Waals surface area contributed by atoms with E-state index in [4.69, 9.17) is 4.98 Å². The maximum Gasteiger partial charge on any atom is 0.132 e. The van der Waals surface area contributed by atoms with Gasteiger partial charge in [-0.2, -0.15) is 0 Å². The Morgan fingerprint density at radius 3 is 2.06 bits per heavy atom. The van der Waals surface area contributed by atoms with Crippen LogP contribution in [-0.4, -0.2) is 9.97 Å². The number of halogens is 1. The first kappa shape index (κ1) is 37.3. The second kappa shape index (κ2) is 18.3. The molecule has 2 aromatic heterocycles. The lowest BCUT2D eigenvalue weighted by Gasteiger charge is -2.14. The second-order valence-electron chi connectivity index (χ2n) is 13.5. The van der Waals surface area contributed by atoms with Gasteiger partial charge in [0.1, 0.15) is 10.8 Å². The van der Waals surface area contributed by atoms with E-state index in [0.29, 0.717) is 17.2 Å². The SMILES string of the molecule is CCCc1cccc(-c2ccc(C(C)C)c(-c3nc4ccccc4s3)c2)c1.CCCc1ccccc1.Fc1ccccc1-c1nccc2ccccc12. The molecule has 53 heavy (non-hydrogen) atoms. The lowest BCUT2D eigenvalue weighted by Crippen LogP contribution is -1.93. The number of hydrogen-bond donors (Lipinski definition) is 0. The van der Waals surface area contributed by atoms with Gasteiger partial charge < -0.3 is 0 Å². The van der Waals surface area contributed by atoms with Crippen molar-refractivity contribution in [3.63, 3.8) is 0 Å². The number of aromatic nitrogens is 2. The van der Waals surface area contributed by atoms with Gasteiger partial charge in [-0.25, -0.2) is 9.37 Å². The highest BCUT2D eigenvalue weighted by Crippen LogP contribution is 2.37. The fourth-order valence-corrected chi connectivity index (χ4v) is 7.53. The monoisotopic (exact) mass is 714 g/mol. The number of aryl methyl sites for hydroxylation is 2. The van der Waals surface area contributed by atoms with Crippen LogP contribution in [0, 0.1) is 5.82 Å². The molecular weight excluding hydrogens is 668 g/mol. The largest absolute Gasteiger partial charge is 0.255 e. The van der Waals surface area contributed by atoms with Gasteiger partial charge in [0.25, 0.3) is 0 Å². The summed E-state index contributed by atoms with van der Waals surface area (Å²) in [7, 11) is 0. The first-order chi connectivity index (χ1) is 25.9. The van der Waals surface area contributed by atoms with Gasteiger partial charge in [0.15, 0.2) is 0 Å². The topological polar surface area (TPSA) is 25.8 Å². The van der Waals surface area contributed by atoms with Crippen molar-refractivity contribution in [2.75, 3.05) is 0 Å². The molecule has 0 aliphatic carbocycles. The first-order valence-electron chi connectivity index (χ1n) is 18.7. The van der Waals surface area contributed by atoms with E-state index in [-0.39, 0.29) is 5.82 Å². The third-order valence-corrected chi connectivity index (χ3v) is 10.3. The van der Waals surface area contributed by atoms with Crippen LogP contribution in [0.15, 0.2) is 158 Å². The van der Waals surface area contributed by atoms with Crippen LogP contribution >= 0.6 is 11.3 Å². The Morgan fingerprint density at radius 2 is 1.28 bits per heavy atom. The van der Waals surface area contributed by atoms with Crippen LogP contribution in [0.2, 0.25) is 0 Å². The summed E-state index contributed by atoms with van der Waals surface area (Å²) in [6, 6.07) is 51.3. The van der Waals surface area contributed by atoms with Crippen molar-refractivity contribution in [2.24, 2.45) is 0 Å². The molecule has 0 N–H and O–H groups in total. The van der Waals surface area contributed by atoms with Gasteiger partial charge in [0, 0.05) is 22.7 Å². The van der Waals surface area contributed by atoms with E-state index < -0.39 is 0 Å². The van der Waals surface area contributed by atoms with Crippen molar-refractivity contribution in [3.05, 3.63) is 180 Å². The summed E-state index contributed by atoms with van der Waals surface area (Å²) < 4.78 is 15.0. The van der Waals surface area contributed by atoms with Crippen LogP contribution in [0.5, 0.6) is 0 Å². The Bertz CT molecular complexity index is 2340. The Kier molecular flexibility index (Phi) is 12.9. The number of rotatable bonds is 8. The highest BCUT2D eigenvalue weighted by Gasteiger charge is 2.15. The maximum atomic E-state index is 13.8. The number of benzene rings is 6. The van der Waals surface area contributed by atoms with Crippen molar-refractivity contribution < 1.29 is 4.39 Å². The van der Waals surface area contributed by atoms with Gasteiger partial charge in [-0.1, -0.05) is 156 Å². The van der Waals surface area contributed by atoms with Crippen molar-refractivity contribution in [2.45, 2.75) is 59.3 Å². The Morgan fingerprint density at radius 1 is 0.604 bits per heavy atom. The van der Waals surface area contributed by atoms with Gasteiger partial charge in [-0.05, 0) is 88.4 Å². The predicted octanol–water partition coefficient (Wildman–Crippen LogP) is 14.4. The molecule has 0 bridgehead atoms. The molecule has 0 unspecified atom stereocenters. The van der Waals surface area contributed by atoms with E-state index in [9.17, 15) is 4.39 Å². The molecule has 266 valence electrons. The van der Waals surface area contributed by atoms with Crippen molar-refractivity contribution >= 4 is 32.3 Å². The number of hydrogen-bond acceptors (Lipinski definition) is 3. The van der Waals surface area contributed by atoms with Crippen LogP contribution in [0.4, 0.5) is 4.39 Å². The minimum atomic E-state index is -0.239. The van der Waals surface area contributed by atoms with Gasteiger partial charge in [0.2, 0.25) is 0 Å². The highest BCUT2D eigenvalue weighted by atomic mass is 32.1. The molecule has 0 atom stereocenters. The summed E-state index contributed by atoms with van der Waals surface area (Å²) in [6.45, 7) is 8.95. The average molecular weight is 715 g/mol. The van der Waals surface area contributed by atoms with Gasteiger partial charge in [0.05, 0.1) is 15.9 Å². The van der Waals surface area contributed by atoms with Crippen LogP contribution < -0.4 is 0 Å². The standard InChI is InChI=1S/C25H25NS.C15H10FN.C9H12/c1-4-8-18-9-7-10-19(15-18)20-13-14-21(17(2)3)22(16-20)25-26-23-11-5-6-12-24(23)27-25;16-14-8-4-3-7-13(14)15-12-6-2-1-5-11(12)9-10-17-15;1-2-6-9-7-4-3-5-8-9/h5-7,9-17H,4,8H2,1-3H3;1-10H;3-5,7-8H,2,6H2,1H3. The first-order valence-corrected chi connectivity index (χ1v) is 19.5. The van der Waals surface area contributed by atoms with Gasteiger partial charge >= 0.3 is 0 Å². The summed E-state index contributed by atoms with van der Waals surface area (Å²) >= 11 is 1.79. The van der Waals surface area contributed by atoms with Crippen molar-refractivity contribution in [1.82, 2.24) is 9.97 Å². The summed E-state index contributed by atoms with van der Waals surface area (Å²) in [5, 5.41) is 3.16. The molecule has 0 aliphatic rings. The van der Waals surface area contributed by atoms with Crippen molar-refractivity contribution in [3.8, 4) is 33.0 Å². The summed E-state index contributed by atoms with van der Waals surface area (Å²) in [5.74, 6) is 0.226. The minimum absolute atomic E-state index is 0.239. The number of nitrogens with zero attached hydrogens (tertiary/aromatic N) is 2. The molecule has 0 saturated heterocycles. The fraction of sp³-hybridized carbons (Fsp3) is 0.184. The lowest BCUT2D eigenvalue weighted by molar-refractivity contribution is 0.631. The Labute approximate surface area is 318 Å². The third-order valence-electron chi connectivity index (χ3n) is 9.18. The van der Waals surface area contributed by atoms with Crippen LogP contribution in [-0.2, 0) is 12.8 Å². The summed E-state index contributed by atoms with van der Waals surface area (Å²) in [4.78, 5) is 9.22. The number of thiazole rings is 1. The van der Waals surface area contributed by atoms with Gasteiger partial charge in [-0.3, -0.25) is 4.98 Å². The van der Waals surface area contributed by atoms with E-state index in [2.05, 4.69) is 130 Å². The third kappa shape index (κ3) is 9.51. The lowest BCUT2D eigenvalue weighted by atomic mass is 9.92. The minimum Gasteiger partial charge on any atom is -0.255 e. The molecule has 0 saturated carbocycles. The normalized spacial score (nSPS) is 10.8. The Balaban J connectivity index is 0.000000156. The van der Waals surface area contributed by atoms with E-state index >= 15 is 0 Å². The summed E-state index contributed by atoms with van der Waals surface area (Å²) in [6.07, 6.45) is 6.46. The number of pyridine rings is 1. The molecule has 2 nitrogen and oxygen atoms in total. The average Bonchev–Trinajstić information content (AvgIpc) is 3.64. The molecule has 8 aromatic rings. The molecule has 8 rings (SSSR count). The smallest absolute Gasteiger partial charge is 0.132 e. The number of para-hydroxylation sites is 1. The van der Waals surface area contributed by atoms with E-state index in [0.717, 1.165) is 27.7 Å². The Hall–Kier alpha value is -5.45. The fourth-order valence-electron chi connectivity index (χ4n) is 6.53. The predicted molar refractivity (Wildman–Crippen MR) is 226 cm³/mol. The maximum absolute atomic E-state index is 13.8. The molecule has 0 amide bonds. The van der Waals surface area contributed by atoms with Crippen LogP contribution in [0.3, 0.4) is 0 Å². The van der Waals surface area contributed by atoms with E-state index in [1.54, 1.807) is 29.7 Å². The zero-order chi connectivity index (χ0) is 37.0. The highest BCUT2D eigenvalue weighted by molar-refractivity contribution is 7.21. The number of fused-ring (bicyclic) bond motifs is 2. The second-order valence-corrected chi connectivity index (χ2v) is 14.5. The summed E-state index contributed by atoms with van der Waals surface area (Å²) in [5.41, 5.74) is 10.4. The van der Waals surface area contributed by atoms with Crippen LogP contribution in [0.1, 0.15) is 63.1 Å². The molecule has 0 aliphatic heterocycles. The van der Waals surface area contributed by atoms with E-state index in [1.807, 2.05) is 36.4 Å². The van der Waals surface area contributed by atoms with Crippen LogP contribution in [0.25, 0.3) is 53.9 Å². The molecule has 0 spiro atoms. The molecule has 4 heteroatoms. The molecule has 6 aromatic carbocycles. The molecular formula is C49H47FN2S. The van der Waals surface area contributed by atoms with Crippen molar-refractivity contribution in [1.29, 1.82) is 0 Å². The van der Waals surface area contributed by atoms with E-state index in [1.165, 1.54) is 63.4 Å². The zero-order valence-corrected chi connectivity index (χ0v) is 31.9. The zero-order valence-electron chi connectivity index (χ0n) is 31.1. The quantitative estimate of drug-likeness (QED) is 0.157. The molecule has 0 fully saturated rings.